The van der Waals surface area contributed by atoms with Gasteiger partial charge in [0.05, 0.1) is 11.4 Å². The fraction of sp³-hybridized carbons (Fsp3) is 0.476. The average Bonchev–Trinajstić information content (AvgIpc) is 3.27. The summed E-state index contributed by atoms with van der Waals surface area (Å²) in [6, 6.07) is 9.63. The smallest absolute Gasteiger partial charge is 0.245 e. The van der Waals surface area contributed by atoms with Crippen LogP contribution >= 0.6 is 11.3 Å². The molecule has 0 atom stereocenters. The SMILES string of the molecule is O=S(=O)(c1cc(N=Cc2cccs2)ccc1N1CCCCC1)N1CCCCC1. The minimum Gasteiger partial charge on any atom is -0.370 e. The van der Waals surface area contributed by atoms with Gasteiger partial charge in [-0.2, -0.15) is 4.31 Å². The molecule has 2 fully saturated rings. The Bertz CT molecular complexity index is 911. The van der Waals surface area contributed by atoms with Crippen molar-refractivity contribution in [3.8, 4) is 0 Å². The lowest BCUT2D eigenvalue weighted by molar-refractivity contribution is 0.346. The predicted molar refractivity (Wildman–Crippen MR) is 117 cm³/mol. The third kappa shape index (κ3) is 4.31. The van der Waals surface area contributed by atoms with Gasteiger partial charge in [-0.1, -0.05) is 12.5 Å². The van der Waals surface area contributed by atoms with Crippen LogP contribution in [-0.4, -0.2) is 45.1 Å². The van der Waals surface area contributed by atoms with Crippen LogP contribution in [0.15, 0.2) is 45.6 Å². The summed E-state index contributed by atoms with van der Waals surface area (Å²) in [6.07, 6.45) is 8.23. The predicted octanol–water partition coefficient (Wildman–Crippen LogP) is 4.66. The molecule has 3 heterocycles. The van der Waals surface area contributed by atoms with Gasteiger partial charge in [0.1, 0.15) is 4.90 Å². The van der Waals surface area contributed by atoms with Gasteiger partial charge >= 0.3 is 0 Å². The highest BCUT2D eigenvalue weighted by molar-refractivity contribution is 7.89. The molecule has 2 aliphatic rings. The summed E-state index contributed by atoms with van der Waals surface area (Å²) >= 11 is 1.62. The Morgan fingerprint density at radius 1 is 0.929 bits per heavy atom. The quantitative estimate of drug-likeness (QED) is 0.665. The van der Waals surface area contributed by atoms with Gasteiger partial charge in [0.15, 0.2) is 0 Å². The van der Waals surface area contributed by atoms with E-state index in [1.54, 1.807) is 27.9 Å². The van der Waals surface area contributed by atoms with Gasteiger partial charge in [-0.3, -0.25) is 4.99 Å². The molecule has 2 aliphatic heterocycles. The Morgan fingerprint density at radius 2 is 1.64 bits per heavy atom. The maximum absolute atomic E-state index is 13.5. The van der Waals surface area contributed by atoms with Gasteiger partial charge in [-0.25, -0.2) is 8.42 Å². The second kappa shape index (κ2) is 8.76. The van der Waals surface area contributed by atoms with Crippen molar-refractivity contribution < 1.29 is 8.42 Å². The molecule has 28 heavy (non-hydrogen) atoms. The molecule has 1 aromatic carbocycles. The average molecular weight is 418 g/mol. The number of thiophene rings is 1. The van der Waals surface area contributed by atoms with E-state index in [2.05, 4.69) is 9.89 Å². The Morgan fingerprint density at radius 3 is 2.32 bits per heavy atom. The lowest BCUT2D eigenvalue weighted by atomic mass is 10.1. The number of hydrogen-bond acceptors (Lipinski definition) is 5. The third-order valence-electron chi connectivity index (χ3n) is 5.46. The first kappa shape index (κ1) is 19.6. The van der Waals surface area contributed by atoms with Crippen molar-refractivity contribution in [2.75, 3.05) is 31.1 Å². The van der Waals surface area contributed by atoms with Crippen molar-refractivity contribution in [2.45, 2.75) is 43.4 Å². The van der Waals surface area contributed by atoms with Crippen molar-refractivity contribution in [3.05, 3.63) is 40.6 Å². The van der Waals surface area contributed by atoms with Crippen LogP contribution in [0.5, 0.6) is 0 Å². The molecule has 0 saturated carbocycles. The molecule has 150 valence electrons. The molecular formula is C21H27N3O2S2. The lowest BCUT2D eigenvalue weighted by Crippen LogP contribution is -2.37. The number of anilines is 1. The van der Waals surface area contributed by atoms with E-state index in [9.17, 15) is 8.42 Å². The molecule has 7 heteroatoms. The minimum absolute atomic E-state index is 0.414. The molecule has 4 rings (SSSR count). The summed E-state index contributed by atoms with van der Waals surface area (Å²) in [4.78, 5) is 8.24. The monoisotopic (exact) mass is 417 g/mol. The maximum Gasteiger partial charge on any atom is 0.245 e. The molecular weight excluding hydrogens is 390 g/mol. The Kier molecular flexibility index (Phi) is 6.13. The molecule has 0 radical (unpaired) electrons. The highest BCUT2D eigenvalue weighted by Gasteiger charge is 2.30. The second-order valence-corrected chi connectivity index (χ2v) is 10.3. The number of sulfonamides is 1. The first-order valence-electron chi connectivity index (χ1n) is 10.1. The number of benzene rings is 1. The van der Waals surface area contributed by atoms with Gasteiger partial charge in [0.2, 0.25) is 10.0 Å². The molecule has 0 N–H and O–H groups in total. The van der Waals surface area contributed by atoms with Crippen LogP contribution in [0.25, 0.3) is 0 Å². The fourth-order valence-corrected chi connectivity index (χ4v) is 6.27. The Hall–Kier alpha value is -1.70. The van der Waals surface area contributed by atoms with E-state index in [4.69, 9.17) is 0 Å². The number of piperidine rings is 2. The van der Waals surface area contributed by atoms with E-state index >= 15 is 0 Å². The first-order valence-corrected chi connectivity index (χ1v) is 12.4. The molecule has 0 unspecified atom stereocenters. The zero-order chi connectivity index (χ0) is 19.4. The van der Waals surface area contributed by atoms with Crippen molar-refractivity contribution in [1.29, 1.82) is 0 Å². The van der Waals surface area contributed by atoms with Crippen LogP contribution in [0.4, 0.5) is 11.4 Å². The van der Waals surface area contributed by atoms with Crippen molar-refractivity contribution >= 4 is 38.9 Å². The number of nitrogens with zero attached hydrogens (tertiary/aromatic N) is 3. The third-order valence-corrected chi connectivity index (χ3v) is 8.19. The van der Waals surface area contributed by atoms with Crippen molar-refractivity contribution in [2.24, 2.45) is 4.99 Å². The Labute approximate surface area is 171 Å². The van der Waals surface area contributed by atoms with Crippen LogP contribution in [0.3, 0.4) is 0 Å². The van der Waals surface area contributed by atoms with Crippen LogP contribution in [0, 0.1) is 0 Å². The van der Waals surface area contributed by atoms with Crippen molar-refractivity contribution in [1.82, 2.24) is 4.31 Å². The van der Waals surface area contributed by atoms with Gasteiger partial charge in [-0.15, -0.1) is 11.3 Å². The summed E-state index contributed by atoms with van der Waals surface area (Å²) in [6.45, 7) is 3.07. The molecule has 0 spiro atoms. The first-order chi connectivity index (χ1) is 13.6. The van der Waals surface area contributed by atoms with E-state index < -0.39 is 10.0 Å². The normalized spacial score (nSPS) is 19.4. The second-order valence-electron chi connectivity index (χ2n) is 7.44. The largest absolute Gasteiger partial charge is 0.370 e. The molecule has 0 amide bonds. The Balaban J connectivity index is 1.71. The maximum atomic E-state index is 13.5. The summed E-state index contributed by atoms with van der Waals surface area (Å²) < 4.78 is 28.6. The van der Waals surface area contributed by atoms with Gasteiger partial charge in [-0.05, 0) is 61.7 Å². The summed E-state index contributed by atoms with van der Waals surface area (Å²) in [5, 5.41) is 2.01. The number of rotatable bonds is 5. The molecule has 5 nitrogen and oxygen atoms in total. The molecule has 0 bridgehead atoms. The minimum atomic E-state index is -3.52. The van der Waals surface area contributed by atoms with Crippen LogP contribution < -0.4 is 4.90 Å². The van der Waals surface area contributed by atoms with Crippen molar-refractivity contribution in [3.63, 3.8) is 0 Å². The standard InChI is InChI=1S/C21H27N3O2S2/c25-28(26,24-13-5-2-6-14-24)21-16-18(22-17-19-8-7-15-27-19)9-10-20(21)23-11-3-1-4-12-23/h7-10,15-17H,1-6,11-14H2. The molecule has 0 aliphatic carbocycles. The number of aliphatic imine (C=N–C) groups is 1. The number of hydrogen-bond donors (Lipinski definition) is 0. The highest BCUT2D eigenvalue weighted by Crippen LogP contribution is 2.34. The van der Waals surface area contributed by atoms with Gasteiger partial charge in [0.25, 0.3) is 0 Å². The van der Waals surface area contributed by atoms with E-state index in [1.807, 2.05) is 29.6 Å². The summed E-state index contributed by atoms with van der Waals surface area (Å²) in [5.41, 5.74) is 1.52. The van der Waals surface area contributed by atoms with Gasteiger partial charge in [0, 0.05) is 37.3 Å². The van der Waals surface area contributed by atoms with E-state index in [0.717, 1.165) is 55.8 Å². The van der Waals surface area contributed by atoms with Crippen LogP contribution in [-0.2, 0) is 10.0 Å². The van der Waals surface area contributed by atoms with E-state index in [-0.39, 0.29) is 0 Å². The molecule has 2 aromatic rings. The van der Waals surface area contributed by atoms with Crippen LogP contribution in [0.2, 0.25) is 0 Å². The summed E-state index contributed by atoms with van der Waals surface area (Å²) in [5.74, 6) is 0. The zero-order valence-electron chi connectivity index (χ0n) is 16.1. The molecule has 1 aromatic heterocycles. The summed E-state index contributed by atoms with van der Waals surface area (Å²) in [7, 11) is -3.52. The fourth-order valence-electron chi connectivity index (χ4n) is 3.93. The topological polar surface area (TPSA) is 53.0 Å². The highest BCUT2D eigenvalue weighted by atomic mass is 32.2. The van der Waals surface area contributed by atoms with E-state index in [1.165, 1.54) is 6.42 Å². The van der Waals surface area contributed by atoms with Gasteiger partial charge < -0.3 is 4.90 Å². The van der Waals surface area contributed by atoms with Crippen LogP contribution in [0.1, 0.15) is 43.4 Å². The molecule has 2 saturated heterocycles. The lowest BCUT2D eigenvalue weighted by Gasteiger charge is -2.32. The zero-order valence-corrected chi connectivity index (χ0v) is 17.7. The van der Waals surface area contributed by atoms with E-state index in [0.29, 0.717) is 23.7 Å².